The molecule has 0 aromatic heterocycles. The van der Waals surface area contributed by atoms with Gasteiger partial charge < -0.3 is 9.84 Å². The van der Waals surface area contributed by atoms with Crippen molar-refractivity contribution in [1.82, 2.24) is 0 Å². The third kappa shape index (κ3) is 3.20. The van der Waals surface area contributed by atoms with Crippen LogP contribution in [0.4, 0.5) is 4.39 Å². The lowest BCUT2D eigenvalue weighted by Crippen LogP contribution is -2.02. The Morgan fingerprint density at radius 1 is 1.38 bits per heavy atom. The predicted octanol–water partition coefficient (Wildman–Crippen LogP) is 3.45. The molecule has 0 saturated carbocycles. The summed E-state index contributed by atoms with van der Waals surface area (Å²) in [6, 6.07) is 4.63. The van der Waals surface area contributed by atoms with Crippen LogP contribution in [0.3, 0.4) is 0 Å². The number of methoxy groups -OCH3 is 1. The van der Waals surface area contributed by atoms with Crippen molar-refractivity contribution in [2.24, 2.45) is 0 Å². The third-order valence-corrected chi connectivity index (χ3v) is 2.64. The van der Waals surface area contributed by atoms with Crippen LogP contribution < -0.4 is 4.74 Å². The van der Waals surface area contributed by atoms with Crippen LogP contribution in [-0.2, 0) is 0 Å². The molecule has 1 unspecified atom stereocenters. The van der Waals surface area contributed by atoms with Gasteiger partial charge in [-0.1, -0.05) is 38.3 Å². The molecule has 2 nitrogen and oxygen atoms in total. The van der Waals surface area contributed by atoms with Crippen LogP contribution in [0.25, 0.3) is 0 Å². The first-order chi connectivity index (χ1) is 7.70. The van der Waals surface area contributed by atoms with E-state index in [-0.39, 0.29) is 5.75 Å². The Kier molecular flexibility index (Phi) is 5.26. The SMILES string of the molecule is CCCCCC(O)c1cccc(F)c1OC. The summed E-state index contributed by atoms with van der Waals surface area (Å²) in [6.45, 7) is 2.11. The molecule has 0 heterocycles. The number of halogens is 1. The number of unbranched alkanes of at least 4 members (excludes halogenated alkanes) is 2. The lowest BCUT2D eigenvalue weighted by Gasteiger charge is -2.14. The summed E-state index contributed by atoms with van der Waals surface area (Å²) in [5, 5.41) is 9.94. The largest absolute Gasteiger partial charge is 0.493 e. The summed E-state index contributed by atoms with van der Waals surface area (Å²) in [7, 11) is 1.42. The normalized spacial score (nSPS) is 12.5. The van der Waals surface area contributed by atoms with Gasteiger partial charge in [0.05, 0.1) is 13.2 Å². The predicted molar refractivity (Wildman–Crippen MR) is 62.1 cm³/mol. The highest BCUT2D eigenvalue weighted by Crippen LogP contribution is 2.30. The molecule has 0 fully saturated rings. The monoisotopic (exact) mass is 226 g/mol. The minimum absolute atomic E-state index is 0.159. The molecule has 1 aromatic rings. The van der Waals surface area contributed by atoms with Gasteiger partial charge >= 0.3 is 0 Å². The molecule has 1 aromatic carbocycles. The average molecular weight is 226 g/mol. The zero-order valence-corrected chi connectivity index (χ0v) is 9.87. The molecule has 0 aliphatic rings. The summed E-state index contributed by atoms with van der Waals surface area (Å²) in [4.78, 5) is 0. The van der Waals surface area contributed by atoms with E-state index < -0.39 is 11.9 Å². The number of aliphatic hydroxyl groups excluding tert-OH is 1. The van der Waals surface area contributed by atoms with Crippen LogP contribution in [0, 0.1) is 5.82 Å². The van der Waals surface area contributed by atoms with Gasteiger partial charge in [0.25, 0.3) is 0 Å². The summed E-state index contributed by atoms with van der Waals surface area (Å²) < 4.78 is 18.3. The van der Waals surface area contributed by atoms with Crippen LogP contribution >= 0.6 is 0 Å². The maximum atomic E-state index is 13.4. The quantitative estimate of drug-likeness (QED) is 0.753. The van der Waals surface area contributed by atoms with Gasteiger partial charge in [-0.25, -0.2) is 4.39 Å². The zero-order valence-electron chi connectivity index (χ0n) is 9.87. The highest BCUT2D eigenvalue weighted by atomic mass is 19.1. The fourth-order valence-electron chi connectivity index (χ4n) is 1.75. The van der Waals surface area contributed by atoms with E-state index >= 15 is 0 Å². The molecule has 0 amide bonds. The first-order valence-corrected chi connectivity index (χ1v) is 5.71. The van der Waals surface area contributed by atoms with E-state index in [1.807, 2.05) is 0 Å². The molecule has 1 N–H and O–H groups in total. The van der Waals surface area contributed by atoms with Crippen LogP contribution in [0.5, 0.6) is 5.75 Å². The van der Waals surface area contributed by atoms with E-state index in [9.17, 15) is 9.50 Å². The second kappa shape index (κ2) is 6.48. The Labute approximate surface area is 96.1 Å². The van der Waals surface area contributed by atoms with Crippen molar-refractivity contribution in [3.05, 3.63) is 29.6 Å². The maximum absolute atomic E-state index is 13.4. The van der Waals surface area contributed by atoms with Gasteiger partial charge in [-0.05, 0) is 12.5 Å². The van der Waals surface area contributed by atoms with Gasteiger partial charge in [0.15, 0.2) is 11.6 Å². The van der Waals surface area contributed by atoms with Gasteiger partial charge in [0.1, 0.15) is 0 Å². The molecule has 0 aliphatic carbocycles. The van der Waals surface area contributed by atoms with Gasteiger partial charge in [0.2, 0.25) is 0 Å². The molecule has 0 radical (unpaired) electrons. The maximum Gasteiger partial charge on any atom is 0.165 e. The Morgan fingerprint density at radius 3 is 2.75 bits per heavy atom. The van der Waals surface area contributed by atoms with Crippen LogP contribution in [0.15, 0.2) is 18.2 Å². The summed E-state index contributed by atoms with van der Waals surface area (Å²) >= 11 is 0. The molecule has 1 atom stereocenters. The number of para-hydroxylation sites is 1. The van der Waals surface area contributed by atoms with E-state index in [0.29, 0.717) is 12.0 Å². The van der Waals surface area contributed by atoms with Crippen molar-refractivity contribution in [1.29, 1.82) is 0 Å². The molecule has 0 aliphatic heterocycles. The summed E-state index contributed by atoms with van der Waals surface area (Å²) in [5.74, 6) is -0.263. The lowest BCUT2D eigenvalue weighted by atomic mass is 10.0. The molecule has 3 heteroatoms. The molecule has 0 saturated heterocycles. The molecule has 0 bridgehead atoms. The Bertz CT molecular complexity index is 326. The average Bonchev–Trinajstić information content (AvgIpc) is 2.29. The number of ether oxygens (including phenoxy) is 1. The molecule has 1 rings (SSSR count). The minimum atomic E-state index is -0.641. The van der Waals surface area contributed by atoms with E-state index in [1.165, 1.54) is 13.2 Å². The second-order valence-corrected chi connectivity index (χ2v) is 3.87. The number of hydrogen-bond acceptors (Lipinski definition) is 2. The van der Waals surface area contributed by atoms with Gasteiger partial charge in [-0.3, -0.25) is 0 Å². The highest BCUT2D eigenvalue weighted by Gasteiger charge is 2.15. The Morgan fingerprint density at radius 2 is 2.12 bits per heavy atom. The van der Waals surface area contributed by atoms with Crippen LogP contribution in [0.1, 0.15) is 44.3 Å². The standard InChI is InChI=1S/C13H19FO2/c1-3-4-5-9-12(15)10-7-6-8-11(14)13(10)16-2/h6-8,12,15H,3-5,9H2,1-2H3. The fourth-order valence-corrected chi connectivity index (χ4v) is 1.75. The Hall–Kier alpha value is -1.09. The third-order valence-electron chi connectivity index (χ3n) is 2.64. The first-order valence-electron chi connectivity index (χ1n) is 5.71. The molecular weight excluding hydrogens is 207 g/mol. The van der Waals surface area contributed by atoms with Crippen LogP contribution in [0.2, 0.25) is 0 Å². The van der Waals surface area contributed by atoms with Crippen molar-refractivity contribution in [2.75, 3.05) is 7.11 Å². The topological polar surface area (TPSA) is 29.5 Å². The van der Waals surface area contributed by atoms with Crippen molar-refractivity contribution >= 4 is 0 Å². The van der Waals surface area contributed by atoms with Gasteiger partial charge in [-0.15, -0.1) is 0 Å². The minimum Gasteiger partial charge on any atom is -0.493 e. The Balaban J connectivity index is 2.74. The first kappa shape index (κ1) is 13.0. The molecule has 16 heavy (non-hydrogen) atoms. The van der Waals surface area contributed by atoms with Crippen molar-refractivity contribution < 1.29 is 14.2 Å². The molecular formula is C13H19FO2. The lowest BCUT2D eigenvalue weighted by molar-refractivity contribution is 0.158. The fraction of sp³-hybridized carbons (Fsp3) is 0.538. The highest BCUT2D eigenvalue weighted by molar-refractivity contribution is 5.36. The smallest absolute Gasteiger partial charge is 0.165 e. The van der Waals surface area contributed by atoms with Gasteiger partial charge in [-0.2, -0.15) is 0 Å². The van der Waals surface area contributed by atoms with Crippen LogP contribution in [-0.4, -0.2) is 12.2 Å². The van der Waals surface area contributed by atoms with Crippen molar-refractivity contribution in [2.45, 2.75) is 38.7 Å². The van der Waals surface area contributed by atoms with Crippen molar-refractivity contribution in [3.8, 4) is 5.75 Å². The van der Waals surface area contributed by atoms with E-state index in [1.54, 1.807) is 12.1 Å². The number of hydrogen-bond donors (Lipinski definition) is 1. The summed E-state index contributed by atoms with van der Waals surface area (Å²) in [6.07, 6.45) is 3.13. The van der Waals surface area contributed by atoms with Crippen molar-refractivity contribution in [3.63, 3.8) is 0 Å². The number of rotatable bonds is 6. The molecule has 0 spiro atoms. The van der Waals surface area contributed by atoms with E-state index in [4.69, 9.17) is 4.74 Å². The van der Waals surface area contributed by atoms with E-state index in [0.717, 1.165) is 19.3 Å². The summed E-state index contributed by atoms with van der Waals surface area (Å²) in [5.41, 5.74) is 0.540. The molecule has 90 valence electrons. The van der Waals surface area contributed by atoms with E-state index in [2.05, 4.69) is 6.92 Å². The van der Waals surface area contributed by atoms with Gasteiger partial charge in [0, 0.05) is 5.56 Å². The second-order valence-electron chi connectivity index (χ2n) is 3.87. The number of aliphatic hydroxyl groups is 1. The number of benzene rings is 1. The zero-order chi connectivity index (χ0) is 12.0.